The van der Waals surface area contributed by atoms with Crippen molar-refractivity contribution < 1.29 is 0 Å². The Hall–Kier alpha value is -8.01. The molecule has 2 aliphatic carbocycles. The summed E-state index contributed by atoms with van der Waals surface area (Å²) in [5.74, 6) is 1.60. The number of benzene rings is 7. The van der Waals surface area contributed by atoms with E-state index in [1.54, 1.807) is 0 Å². The zero-order chi connectivity index (χ0) is 48.8. The number of hydrogen-bond acceptors (Lipinski definition) is 3. The number of hydrogen-bond donors (Lipinski definition) is 2. The van der Waals surface area contributed by atoms with E-state index in [1.165, 1.54) is 50.9 Å². The molecule has 7 aromatic carbocycles. The fraction of sp³-hybridized carbons (Fsp3) is 0.136. The minimum Gasteiger partial charge on any atom is -0.399 e. The van der Waals surface area contributed by atoms with Crippen LogP contribution in [-0.2, 0) is 0 Å². The van der Waals surface area contributed by atoms with Crippen LogP contribution in [0.2, 0.25) is 0 Å². The molecule has 2 unspecified atom stereocenters. The predicted molar refractivity (Wildman–Crippen MR) is 302 cm³/mol. The van der Waals surface area contributed by atoms with Crippen LogP contribution in [0.5, 0.6) is 0 Å². The first kappa shape index (κ1) is 50.4. The Balaban J connectivity index is 0.000000228. The van der Waals surface area contributed by atoms with E-state index in [0.29, 0.717) is 5.70 Å². The summed E-state index contributed by atoms with van der Waals surface area (Å²) >= 11 is 0. The highest BCUT2D eigenvalue weighted by Gasteiger charge is 2.39. The topological polar surface area (TPSA) is 64.4 Å². The van der Waals surface area contributed by atoms with Crippen molar-refractivity contribution in [3.05, 3.63) is 277 Å². The van der Waals surface area contributed by atoms with Crippen LogP contribution in [0.3, 0.4) is 0 Å². The number of nitrogens with two attached hydrogens (primary N) is 2. The third-order valence-corrected chi connectivity index (χ3v) is 11.9. The lowest BCUT2D eigenvalue weighted by atomic mass is 9.95. The van der Waals surface area contributed by atoms with Crippen molar-refractivity contribution >= 4 is 28.2 Å². The first-order valence-corrected chi connectivity index (χ1v) is 24.2. The summed E-state index contributed by atoms with van der Waals surface area (Å²) < 4.78 is 0. The minimum atomic E-state index is 0.667. The second kappa shape index (κ2) is 26.4. The summed E-state index contributed by atoms with van der Waals surface area (Å²) in [6, 6.07) is 67.4. The molecule has 0 heterocycles. The molecule has 2 aliphatic rings. The zero-order valence-corrected chi connectivity index (χ0v) is 41.1. The second-order valence-corrected chi connectivity index (χ2v) is 16.8. The maximum atomic E-state index is 6.66. The lowest BCUT2D eigenvalue weighted by molar-refractivity contribution is 0.999. The molecule has 1 fully saturated rings. The molecule has 0 saturated heterocycles. The van der Waals surface area contributed by atoms with Gasteiger partial charge < -0.3 is 11.5 Å². The van der Waals surface area contributed by atoms with E-state index in [1.807, 2.05) is 70.2 Å². The average molecular weight is 902 g/mol. The van der Waals surface area contributed by atoms with E-state index in [2.05, 4.69) is 220 Å². The molecule has 7 aromatic rings. The third-order valence-electron chi connectivity index (χ3n) is 11.9. The van der Waals surface area contributed by atoms with Crippen LogP contribution in [0.1, 0.15) is 64.7 Å². The molecule has 0 radical (unpaired) electrons. The molecule has 0 bridgehead atoms. The second-order valence-electron chi connectivity index (χ2n) is 16.8. The van der Waals surface area contributed by atoms with Crippen LogP contribution < -0.4 is 11.5 Å². The SMILES string of the molecule is C/C(=C\C=C(/C)c1ccccc1)C(/C=C(\N)c1ccc(-c2ccccc2)cc1)=Nc1ccc(-c2ccccc2)cc1.C/C=C\C(N)=C/C.C1=CC2CC2C(c2ccc(-c3ccccc3)cc2)=C1.CC. The molecule has 0 amide bonds. The monoisotopic (exact) mass is 902 g/mol. The molecule has 1 saturated carbocycles. The van der Waals surface area contributed by atoms with E-state index in [-0.39, 0.29) is 0 Å². The number of aliphatic imine (C=N–C) groups is 1. The van der Waals surface area contributed by atoms with Gasteiger partial charge in [-0.05, 0) is 137 Å². The Morgan fingerprint density at radius 1 is 0.522 bits per heavy atom. The third kappa shape index (κ3) is 15.0. The first-order valence-electron chi connectivity index (χ1n) is 24.2. The maximum absolute atomic E-state index is 6.66. The van der Waals surface area contributed by atoms with E-state index in [9.17, 15) is 0 Å². The van der Waals surface area contributed by atoms with Gasteiger partial charge in [-0.1, -0.05) is 238 Å². The van der Waals surface area contributed by atoms with Crippen molar-refractivity contribution in [1.29, 1.82) is 0 Å². The highest BCUT2D eigenvalue weighted by Crippen LogP contribution is 2.51. The summed E-state index contributed by atoms with van der Waals surface area (Å²) in [7, 11) is 0. The average Bonchev–Trinajstić information content (AvgIpc) is 4.23. The van der Waals surface area contributed by atoms with Crippen molar-refractivity contribution in [2.45, 2.75) is 48.0 Å². The Kier molecular flexibility index (Phi) is 19.3. The number of allylic oxidation sites excluding steroid dienone is 12. The Morgan fingerprint density at radius 3 is 1.45 bits per heavy atom. The van der Waals surface area contributed by atoms with E-state index in [4.69, 9.17) is 16.5 Å². The summed E-state index contributed by atoms with van der Waals surface area (Å²) in [5.41, 5.74) is 29.7. The molecule has 69 heavy (non-hydrogen) atoms. The molecule has 3 nitrogen and oxygen atoms in total. The largest absolute Gasteiger partial charge is 0.399 e. The molecule has 3 heteroatoms. The van der Waals surface area contributed by atoms with Gasteiger partial charge in [0, 0.05) is 11.4 Å². The Labute approximate surface area is 412 Å². The molecular formula is C66H67N3. The zero-order valence-electron chi connectivity index (χ0n) is 41.1. The van der Waals surface area contributed by atoms with Crippen LogP contribution in [-0.4, -0.2) is 5.71 Å². The highest BCUT2D eigenvalue weighted by atomic mass is 14.7. The van der Waals surface area contributed by atoms with Crippen LogP contribution in [0.15, 0.2) is 265 Å². The van der Waals surface area contributed by atoms with Crippen LogP contribution in [0, 0.1) is 11.8 Å². The van der Waals surface area contributed by atoms with Gasteiger partial charge in [-0.15, -0.1) is 0 Å². The summed E-state index contributed by atoms with van der Waals surface area (Å²) in [6.45, 7) is 12.1. The van der Waals surface area contributed by atoms with Gasteiger partial charge in [-0.3, -0.25) is 0 Å². The van der Waals surface area contributed by atoms with Crippen LogP contribution in [0.4, 0.5) is 5.69 Å². The summed E-state index contributed by atoms with van der Waals surface area (Å²) in [5, 5.41) is 0. The van der Waals surface area contributed by atoms with Crippen molar-refractivity contribution in [3.63, 3.8) is 0 Å². The molecule has 9 rings (SSSR count). The van der Waals surface area contributed by atoms with Gasteiger partial charge in [0.2, 0.25) is 0 Å². The Bertz CT molecular complexity index is 2910. The molecular weight excluding hydrogens is 835 g/mol. The minimum absolute atomic E-state index is 0.667. The van der Waals surface area contributed by atoms with E-state index < -0.39 is 0 Å². The highest BCUT2D eigenvalue weighted by molar-refractivity contribution is 6.12. The number of nitrogens with zero attached hydrogens (tertiary/aromatic N) is 1. The van der Waals surface area contributed by atoms with Gasteiger partial charge in [0.05, 0.1) is 11.4 Å². The normalized spacial score (nSPS) is 15.6. The molecule has 0 aromatic heterocycles. The lowest BCUT2D eigenvalue weighted by Crippen LogP contribution is -2.03. The van der Waals surface area contributed by atoms with Gasteiger partial charge in [0.15, 0.2) is 0 Å². The van der Waals surface area contributed by atoms with Gasteiger partial charge >= 0.3 is 0 Å². The summed E-state index contributed by atoms with van der Waals surface area (Å²) in [6.07, 6.45) is 20.0. The summed E-state index contributed by atoms with van der Waals surface area (Å²) in [4.78, 5) is 5.04. The van der Waals surface area contributed by atoms with Crippen molar-refractivity contribution in [2.75, 3.05) is 0 Å². The van der Waals surface area contributed by atoms with Gasteiger partial charge in [0.25, 0.3) is 0 Å². The molecule has 0 aliphatic heterocycles. The van der Waals surface area contributed by atoms with Crippen molar-refractivity contribution in [3.8, 4) is 33.4 Å². The fourth-order valence-corrected chi connectivity index (χ4v) is 7.88. The van der Waals surface area contributed by atoms with Crippen LogP contribution >= 0.6 is 0 Å². The van der Waals surface area contributed by atoms with Crippen molar-refractivity contribution in [1.82, 2.24) is 0 Å². The molecule has 2 atom stereocenters. The molecule has 0 spiro atoms. The van der Waals surface area contributed by atoms with Gasteiger partial charge in [-0.2, -0.15) is 0 Å². The Morgan fingerprint density at radius 2 is 0.971 bits per heavy atom. The fourth-order valence-electron chi connectivity index (χ4n) is 7.88. The van der Waals surface area contributed by atoms with Crippen molar-refractivity contribution in [2.24, 2.45) is 28.3 Å². The van der Waals surface area contributed by atoms with Gasteiger partial charge in [0.1, 0.15) is 0 Å². The molecule has 4 N–H and O–H groups in total. The van der Waals surface area contributed by atoms with E-state index in [0.717, 1.165) is 51.2 Å². The number of rotatable bonds is 11. The maximum Gasteiger partial charge on any atom is 0.0686 e. The van der Waals surface area contributed by atoms with Crippen LogP contribution in [0.25, 0.3) is 50.2 Å². The van der Waals surface area contributed by atoms with E-state index >= 15 is 0 Å². The number of fused-ring (bicyclic) bond motifs is 1. The smallest absolute Gasteiger partial charge is 0.0686 e. The lowest BCUT2D eigenvalue weighted by Gasteiger charge is -2.10. The molecule has 346 valence electrons. The van der Waals surface area contributed by atoms with Gasteiger partial charge in [-0.25, -0.2) is 4.99 Å². The predicted octanol–water partition coefficient (Wildman–Crippen LogP) is 17.5. The quantitative estimate of drug-likeness (QED) is 0.100. The first-order chi connectivity index (χ1) is 33.8. The standard InChI is InChI=1S/C39H34N2.C19H16.C6H11N.C2H6/c1-29(31-12-6-3-7-13-31)18-19-30(2)39(41-37-26-24-35(25-27-37)33-16-10-5-11-17-33)28-38(40)36-22-20-34(21-23-36)32-14-8-4-9-15-32;1-2-5-14(6-3-1)15-9-11-16(12-10-15)18-8-4-7-17-13-19(17)18;1-3-5-6(7)4-2;1-2/h3-28H,40H2,1-2H3;1-12,17,19H,13H2;3-5H,7H2,1-2H3;1-2H3/b29-18+,30-19+,38-28-,41-39?;;5-3-,6-4+;.